The number of fused-ring (bicyclic) bond motifs is 1. The van der Waals surface area contributed by atoms with Gasteiger partial charge >= 0.3 is 0 Å². The van der Waals surface area contributed by atoms with E-state index in [1.165, 1.54) is 0 Å². The Morgan fingerprint density at radius 2 is 1.57 bits per heavy atom. The third-order valence-corrected chi connectivity index (χ3v) is 4.77. The van der Waals surface area contributed by atoms with E-state index in [0.29, 0.717) is 29.8 Å². The molecule has 6 heteroatoms. The molecule has 1 N–H and O–H groups in total. The lowest BCUT2D eigenvalue weighted by Gasteiger charge is -2.27. The normalized spacial score (nSPS) is 12.1. The van der Waals surface area contributed by atoms with E-state index in [-0.39, 0.29) is 5.88 Å². The van der Waals surface area contributed by atoms with Gasteiger partial charge in [0.1, 0.15) is 0 Å². The van der Waals surface area contributed by atoms with Crippen LogP contribution in [0.1, 0.15) is 38.1 Å². The van der Waals surface area contributed by atoms with Crippen LogP contribution < -0.4 is 0 Å². The predicted molar refractivity (Wildman–Crippen MR) is 120 cm³/mol. The summed E-state index contributed by atoms with van der Waals surface area (Å²) in [6.07, 6.45) is 0. The highest BCUT2D eigenvalue weighted by Gasteiger charge is 2.19. The van der Waals surface area contributed by atoms with E-state index in [0.717, 1.165) is 24.0 Å². The van der Waals surface area contributed by atoms with E-state index in [9.17, 15) is 9.90 Å². The van der Waals surface area contributed by atoms with Gasteiger partial charge in [-0.2, -0.15) is 0 Å². The zero-order valence-electron chi connectivity index (χ0n) is 18.1. The van der Waals surface area contributed by atoms with Gasteiger partial charge in [-0.05, 0) is 30.0 Å². The monoisotopic (exact) mass is 406 g/mol. The lowest BCUT2D eigenvalue weighted by Crippen LogP contribution is -2.33. The molecule has 0 aliphatic rings. The molecule has 0 spiro atoms. The van der Waals surface area contributed by atoms with Gasteiger partial charge in [0.25, 0.3) is 5.91 Å². The molecule has 1 amide bonds. The van der Waals surface area contributed by atoms with E-state index in [1.807, 2.05) is 34.9 Å². The first-order valence-corrected chi connectivity index (χ1v) is 10.4. The zero-order valence-corrected chi connectivity index (χ0v) is 18.1. The summed E-state index contributed by atoms with van der Waals surface area (Å²) in [5, 5.41) is 19.8. The van der Waals surface area contributed by atoms with Gasteiger partial charge in [0.05, 0.1) is 12.2 Å². The van der Waals surface area contributed by atoms with Gasteiger partial charge in [0.2, 0.25) is 5.88 Å². The van der Waals surface area contributed by atoms with E-state index >= 15 is 0 Å². The summed E-state index contributed by atoms with van der Waals surface area (Å²) in [7, 11) is 0. The number of amides is 1. The molecule has 0 radical (unpaired) electrons. The van der Waals surface area contributed by atoms with Crippen LogP contribution >= 0.6 is 0 Å². The van der Waals surface area contributed by atoms with Crippen LogP contribution in [0.5, 0.6) is 5.88 Å². The maximum Gasteiger partial charge on any atom is 0.295 e. The van der Waals surface area contributed by atoms with Crippen molar-refractivity contribution in [3.63, 3.8) is 0 Å². The van der Waals surface area contributed by atoms with Crippen molar-refractivity contribution in [3.05, 3.63) is 60.2 Å². The third kappa shape index (κ3) is 5.13. The first kappa shape index (κ1) is 21.7. The Balaban J connectivity index is 1.96. The maximum atomic E-state index is 12.3. The third-order valence-electron chi connectivity index (χ3n) is 4.77. The number of rotatable bonds is 8. The summed E-state index contributed by atoms with van der Waals surface area (Å²) in [5.41, 5.74) is 1.65. The zero-order chi connectivity index (χ0) is 21.7. The molecular weight excluding hydrogens is 376 g/mol. The summed E-state index contributed by atoms with van der Waals surface area (Å²) in [5.74, 6) is 0.608. The van der Waals surface area contributed by atoms with Crippen molar-refractivity contribution in [1.82, 2.24) is 9.47 Å². The van der Waals surface area contributed by atoms with Gasteiger partial charge in [-0.3, -0.25) is 14.3 Å². The van der Waals surface area contributed by atoms with Crippen LogP contribution in [-0.4, -0.2) is 33.6 Å². The van der Waals surface area contributed by atoms with Crippen molar-refractivity contribution in [3.8, 4) is 5.88 Å². The fourth-order valence-electron chi connectivity index (χ4n) is 3.67. The number of aromatic hydroxyl groups is 1. The molecule has 0 aliphatic carbocycles. The van der Waals surface area contributed by atoms with Crippen molar-refractivity contribution in [2.45, 2.75) is 34.4 Å². The van der Waals surface area contributed by atoms with Crippen LogP contribution in [0.15, 0.2) is 64.8 Å². The molecule has 0 fully saturated rings. The number of nitrogens with zero attached hydrogens (tertiary/aromatic N) is 4. The van der Waals surface area contributed by atoms with Crippen molar-refractivity contribution in [2.75, 3.05) is 13.1 Å². The summed E-state index contributed by atoms with van der Waals surface area (Å²) in [6, 6.07) is 16.5. The molecule has 3 rings (SSSR count). The number of carbonyl (C=O) groups is 1. The number of carbonyl (C=O) groups excluding carboxylic acids is 1. The molecule has 2 aromatic carbocycles. The molecule has 0 saturated heterocycles. The lowest BCUT2D eigenvalue weighted by molar-refractivity contribution is 0.0995. The number of aromatic nitrogens is 1. The Bertz CT molecular complexity index is 1010. The van der Waals surface area contributed by atoms with Crippen molar-refractivity contribution in [1.29, 1.82) is 0 Å². The van der Waals surface area contributed by atoms with Crippen LogP contribution in [0.4, 0.5) is 5.69 Å². The second-order valence-electron chi connectivity index (χ2n) is 8.45. The summed E-state index contributed by atoms with van der Waals surface area (Å²) in [6.45, 7) is 11.2. The van der Waals surface area contributed by atoms with Gasteiger partial charge in [-0.25, -0.2) is 0 Å². The van der Waals surface area contributed by atoms with Crippen LogP contribution in [0, 0.1) is 11.8 Å². The molecule has 0 saturated carbocycles. The average molecular weight is 407 g/mol. The predicted octanol–water partition coefficient (Wildman–Crippen LogP) is 5.84. The fraction of sp³-hybridized carbons (Fsp3) is 0.375. The highest BCUT2D eigenvalue weighted by Crippen LogP contribution is 2.39. The molecule has 0 unspecified atom stereocenters. The lowest BCUT2D eigenvalue weighted by atomic mass is 10.1. The smallest absolute Gasteiger partial charge is 0.295 e. The highest BCUT2D eigenvalue weighted by atomic mass is 16.3. The number of hydrogen-bond donors (Lipinski definition) is 1. The Morgan fingerprint density at radius 3 is 2.20 bits per heavy atom. The van der Waals surface area contributed by atoms with E-state index in [4.69, 9.17) is 0 Å². The SMILES string of the molecule is CC(C)CN(CC(C)C)Cn1c(O)c(N=NC(=O)c2ccccc2)c2ccccc21. The molecule has 3 aromatic rings. The van der Waals surface area contributed by atoms with Gasteiger partial charge < -0.3 is 5.11 Å². The van der Waals surface area contributed by atoms with Crippen molar-refractivity contribution >= 4 is 22.5 Å². The number of para-hydroxylation sites is 1. The Hall–Kier alpha value is -2.99. The minimum absolute atomic E-state index is 0.0262. The molecular formula is C24H30N4O2. The Labute approximate surface area is 177 Å². The number of azo groups is 1. The molecule has 6 nitrogen and oxygen atoms in total. The first-order valence-electron chi connectivity index (χ1n) is 10.4. The van der Waals surface area contributed by atoms with Gasteiger partial charge in [-0.1, -0.05) is 64.1 Å². The topological polar surface area (TPSA) is 70.2 Å². The van der Waals surface area contributed by atoms with Crippen LogP contribution in [0.3, 0.4) is 0 Å². The molecule has 1 heterocycles. The number of hydrogen-bond acceptors (Lipinski definition) is 4. The van der Waals surface area contributed by atoms with Gasteiger partial charge in [0, 0.05) is 24.0 Å². The molecule has 1 aromatic heterocycles. The van der Waals surface area contributed by atoms with Crippen molar-refractivity contribution in [2.24, 2.45) is 22.1 Å². The summed E-state index contributed by atoms with van der Waals surface area (Å²) < 4.78 is 1.85. The van der Waals surface area contributed by atoms with Crippen LogP contribution in [-0.2, 0) is 6.67 Å². The molecule has 30 heavy (non-hydrogen) atoms. The summed E-state index contributed by atoms with van der Waals surface area (Å²) >= 11 is 0. The second kappa shape index (κ2) is 9.67. The molecule has 158 valence electrons. The largest absolute Gasteiger partial charge is 0.493 e. The molecule has 0 aliphatic heterocycles. The highest BCUT2D eigenvalue weighted by molar-refractivity contribution is 5.97. The van der Waals surface area contributed by atoms with Gasteiger partial charge in [-0.15, -0.1) is 10.2 Å². The van der Waals surface area contributed by atoms with Crippen molar-refractivity contribution < 1.29 is 9.90 Å². The quantitative estimate of drug-likeness (QED) is 0.478. The summed E-state index contributed by atoms with van der Waals surface area (Å²) in [4.78, 5) is 14.7. The first-order chi connectivity index (χ1) is 14.4. The van der Waals surface area contributed by atoms with E-state index in [1.54, 1.807) is 24.3 Å². The minimum atomic E-state index is -0.437. The Kier molecular flexibility index (Phi) is 7.00. The van der Waals surface area contributed by atoms with Crippen LogP contribution in [0.25, 0.3) is 10.9 Å². The van der Waals surface area contributed by atoms with E-state index < -0.39 is 5.91 Å². The maximum absolute atomic E-state index is 12.3. The average Bonchev–Trinajstić information content (AvgIpc) is 2.97. The van der Waals surface area contributed by atoms with Crippen LogP contribution in [0.2, 0.25) is 0 Å². The molecule has 0 bridgehead atoms. The number of benzene rings is 2. The minimum Gasteiger partial charge on any atom is -0.493 e. The molecule has 0 atom stereocenters. The second-order valence-corrected chi connectivity index (χ2v) is 8.45. The fourth-order valence-corrected chi connectivity index (χ4v) is 3.67. The Morgan fingerprint density at radius 1 is 0.967 bits per heavy atom. The van der Waals surface area contributed by atoms with E-state index in [2.05, 4.69) is 42.8 Å². The van der Waals surface area contributed by atoms with Gasteiger partial charge in [0.15, 0.2) is 5.69 Å². The standard InChI is InChI=1S/C24H30N4O2/c1-17(2)14-27(15-18(3)4)16-28-21-13-9-8-12-20(21)22(24(28)30)25-26-23(29)19-10-6-5-7-11-19/h5-13,17-18,30H,14-16H2,1-4H3.